The normalized spacial score (nSPS) is 11.6. The van der Waals surface area contributed by atoms with Gasteiger partial charge in [-0.05, 0) is 97.7 Å². The van der Waals surface area contributed by atoms with Crippen molar-refractivity contribution in [1.29, 1.82) is 0 Å². The van der Waals surface area contributed by atoms with Crippen molar-refractivity contribution in [2.75, 3.05) is 4.90 Å². The summed E-state index contributed by atoms with van der Waals surface area (Å²) in [5.41, 5.74) is 9.84. The van der Waals surface area contributed by atoms with Gasteiger partial charge >= 0.3 is 0 Å². The van der Waals surface area contributed by atoms with E-state index in [-0.39, 0.29) is 0 Å². The minimum Gasteiger partial charge on any atom is -0.455 e. The van der Waals surface area contributed by atoms with Gasteiger partial charge < -0.3 is 9.32 Å². The van der Waals surface area contributed by atoms with Crippen molar-refractivity contribution < 1.29 is 4.42 Å². The fraction of sp³-hybridized carbons (Fsp3) is 0. The van der Waals surface area contributed by atoms with Crippen LogP contribution in [0.15, 0.2) is 192 Å². The number of hydrogen-bond donors (Lipinski definition) is 0. The Labute approximate surface area is 290 Å². The molecule has 0 radical (unpaired) electrons. The lowest BCUT2D eigenvalue weighted by molar-refractivity contribution is 0.672. The van der Waals surface area contributed by atoms with Gasteiger partial charge in [-0.25, -0.2) is 0 Å². The van der Waals surface area contributed by atoms with Crippen molar-refractivity contribution in [3.8, 4) is 22.3 Å². The summed E-state index contributed by atoms with van der Waals surface area (Å²) in [4.78, 5) is 2.36. The molecule has 234 valence electrons. The highest BCUT2D eigenvalue weighted by Gasteiger charge is 2.20. The van der Waals surface area contributed by atoms with Crippen LogP contribution in [0.25, 0.3) is 76.5 Å². The number of fused-ring (bicyclic) bond motifs is 7. The standard InChI is InChI=1S/C48H31NO/c1-2-12-37-31-38(20-19-32(37)9-1)33-21-26-39(27-22-33)49(40-28-23-36(24-29-40)42-16-7-13-34-10-3-5-14-41(34)42)45-17-8-18-46-47(45)44-30-25-35-11-4-6-15-43(35)48(44)50-46/h1-31H. The zero-order valence-corrected chi connectivity index (χ0v) is 27.3. The maximum absolute atomic E-state index is 6.63. The Hall–Kier alpha value is -6.64. The highest BCUT2D eigenvalue weighted by atomic mass is 16.3. The Morgan fingerprint density at radius 1 is 0.360 bits per heavy atom. The molecule has 50 heavy (non-hydrogen) atoms. The molecule has 0 N–H and O–H groups in total. The molecule has 0 spiro atoms. The van der Waals surface area contributed by atoms with E-state index in [0.717, 1.165) is 44.4 Å². The number of rotatable bonds is 5. The van der Waals surface area contributed by atoms with Gasteiger partial charge in [-0.2, -0.15) is 0 Å². The van der Waals surface area contributed by atoms with Gasteiger partial charge in [0.2, 0.25) is 0 Å². The van der Waals surface area contributed by atoms with Crippen LogP contribution in [-0.4, -0.2) is 0 Å². The van der Waals surface area contributed by atoms with Gasteiger partial charge in [0.25, 0.3) is 0 Å². The van der Waals surface area contributed by atoms with Gasteiger partial charge in [-0.15, -0.1) is 0 Å². The van der Waals surface area contributed by atoms with E-state index in [1.165, 1.54) is 49.2 Å². The summed E-state index contributed by atoms with van der Waals surface area (Å²) in [6.07, 6.45) is 0. The average Bonchev–Trinajstić information content (AvgIpc) is 3.58. The lowest BCUT2D eigenvalue weighted by Crippen LogP contribution is -2.10. The molecule has 0 saturated heterocycles. The molecule has 0 atom stereocenters. The van der Waals surface area contributed by atoms with Gasteiger partial charge in [-0.3, -0.25) is 0 Å². The van der Waals surface area contributed by atoms with E-state index in [9.17, 15) is 0 Å². The van der Waals surface area contributed by atoms with Crippen molar-refractivity contribution in [1.82, 2.24) is 0 Å². The molecule has 10 rings (SSSR count). The van der Waals surface area contributed by atoms with Gasteiger partial charge in [0, 0.05) is 22.1 Å². The summed E-state index contributed by atoms with van der Waals surface area (Å²) in [5.74, 6) is 0. The number of hydrogen-bond acceptors (Lipinski definition) is 2. The number of furan rings is 1. The zero-order chi connectivity index (χ0) is 33.0. The Morgan fingerprint density at radius 3 is 1.72 bits per heavy atom. The van der Waals surface area contributed by atoms with Crippen molar-refractivity contribution in [2.45, 2.75) is 0 Å². The number of anilines is 3. The predicted octanol–water partition coefficient (Wildman–Crippen LogP) is 13.8. The lowest BCUT2D eigenvalue weighted by Gasteiger charge is -2.26. The number of benzene rings is 9. The molecular formula is C48H31NO. The van der Waals surface area contributed by atoms with Gasteiger partial charge in [0.15, 0.2) is 0 Å². The van der Waals surface area contributed by atoms with E-state index in [1.807, 2.05) is 0 Å². The van der Waals surface area contributed by atoms with E-state index in [2.05, 4.69) is 193 Å². The molecule has 1 heterocycles. The molecule has 0 amide bonds. The van der Waals surface area contributed by atoms with Crippen molar-refractivity contribution in [3.63, 3.8) is 0 Å². The van der Waals surface area contributed by atoms with Gasteiger partial charge in [0.05, 0.1) is 11.1 Å². The minimum atomic E-state index is 0.874. The molecule has 0 saturated carbocycles. The summed E-state index contributed by atoms with van der Waals surface area (Å²) in [6.45, 7) is 0. The van der Waals surface area contributed by atoms with Crippen LogP contribution in [0.4, 0.5) is 17.1 Å². The third-order valence-electron chi connectivity index (χ3n) is 10.0. The second-order valence-electron chi connectivity index (χ2n) is 12.9. The molecule has 0 aliphatic carbocycles. The molecule has 0 aliphatic heterocycles. The van der Waals surface area contributed by atoms with Crippen LogP contribution in [0.2, 0.25) is 0 Å². The molecule has 2 heteroatoms. The Bertz CT molecular complexity index is 2860. The van der Waals surface area contributed by atoms with E-state index in [4.69, 9.17) is 4.42 Å². The molecule has 1 aromatic heterocycles. The lowest BCUT2D eigenvalue weighted by atomic mass is 9.98. The summed E-state index contributed by atoms with van der Waals surface area (Å²) in [7, 11) is 0. The second-order valence-corrected chi connectivity index (χ2v) is 12.9. The highest BCUT2D eigenvalue weighted by Crippen LogP contribution is 2.45. The van der Waals surface area contributed by atoms with Crippen LogP contribution < -0.4 is 4.90 Å². The van der Waals surface area contributed by atoms with Crippen LogP contribution in [0, 0.1) is 0 Å². The van der Waals surface area contributed by atoms with Crippen LogP contribution in [-0.2, 0) is 0 Å². The van der Waals surface area contributed by atoms with Crippen LogP contribution >= 0.6 is 0 Å². The summed E-state index contributed by atoms with van der Waals surface area (Å²) in [6, 6.07) is 67.5. The van der Waals surface area contributed by atoms with Crippen molar-refractivity contribution in [3.05, 3.63) is 188 Å². The largest absolute Gasteiger partial charge is 0.455 e. The first-order valence-electron chi connectivity index (χ1n) is 17.1. The van der Waals surface area contributed by atoms with Gasteiger partial charge in [-0.1, -0.05) is 140 Å². The summed E-state index contributed by atoms with van der Waals surface area (Å²) >= 11 is 0. The van der Waals surface area contributed by atoms with E-state index >= 15 is 0 Å². The number of nitrogens with zero attached hydrogens (tertiary/aromatic N) is 1. The fourth-order valence-electron chi connectivity index (χ4n) is 7.59. The molecule has 10 aromatic rings. The maximum atomic E-state index is 6.63. The zero-order valence-electron chi connectivity index (χ0n) is 27.3. The Morgan fingerprint density at radius 2 is 0.940 bits per heavy atom. The molecule has 0 aliphatic rings. The summed E-state index contributed by atoms with van der Waals surface area (Å²) in [5, 5.41) is 9.50. The first kappa shape index (κ1) is 28.4. The third kappa shape index (κ3) is 4.65. The topological polar surface area (TPSA) is 16.4 Å². The molecular weight excluding hydrogens is 607 g/mol. The van der Waals surface area contributed by atoms with E-state index in [0.29, 0.717) is 0 Å². The van der Waals surface area contributed by atoms with Crippen molar-refractivity contribution in [2.24, 2.45) is 0 Å². The van der Waals surface area contributed by atoms with Gasteiger partial charge in [0.1, 0.15) is 11.2 Å². The molecule has 9 aromatic carbocycles. The quantitative estimate of drug-likeness (QED) is 0.187. The van der Waals surface area contributed by atoms with Crippen LogP contribution in [0.5, 0.6) is 0 Å². The predicted molar refractivity (Wildman–Crippen MR) is 212 cm³/mol. The molecule has 0 fully saturated rings. The smallest absolute Gasteiger partial charge is 0.143 e. The van der Waals surface area contributed by atoms with E-state index < -0.39 is 0 Å². The van der Waals surface area contributed by atoms with Crippen molar-refractivity contribution >= 4 is 71.3 Å². The third-order valence-corrected chi connectivity index (χ3v) is 10.0. The molecule has 0 unspecified atom stereocenters. The Balaban J connectivity index is 1.14. The average molecular weight is 638 g/mol. The monoisotopic (exact) mass is 637 g/mol. The van der Waals surface area contributed by atoms with Crippen LogP contribution in [0.1, 0.15) is 0 Å². The minimum absolute atomic E-state index is 0.874. The molecule has 2 nitrogen and oxygen atoms in total. The Kier molecular flexibility index (Phi) is 6.53. The van der Waals surface area contributed by atoms with Crippen LogP contribution in [0.3, 0.4) is 0 Å². The first-order valence-corrected chi connectivity index (χ1v) is 17.1. The SMILES string of the molecule is c1ccc2cc(-c3ccc(N(c4ccc(-c5cccc6ccccc56)cc4)c4cccc5oc6c7ccccc7ccc6c45)cc3)ccc2c1. The fourth-order valence-corrected chi connectivity index (χ4v) is 7.59. The molecule has 0 bridgehead atoms. The summed E-state index contributed by atoms with van der Waals surface area (Å²) < 4.78 is 6.63. The highest BCUT2D eigenvalue weighted by molar-refractivity contribution is 6.19. The van der Waals surface area contributed by atoms with E-state index in [1.54, 1.807) is 0 Å². The first-order chi connectivity index (χ1) is 24.8. The second kappa shape index (κ2) is 11.5. The maximum Gasteiger partial charge on any atom is 0.143 e.